The number of nitrogens with one attached hydrogen (secondary N) is 2. The molecule has 1 heterocycles. The van der Waals surface area contributed by atoms with Gasteiger partial charge in [-0.2, -0.15) is 0 Å². The number of aromatic hydroxyl groups is 1. The summed E-state index contributed by atoms with van der Waals surface area (Å²) in [5.74, 6) is -0.473. The molecule has 0 unspecified atom stereocenters. The number of esters is 1. The maximum Gasteiger partial charge on any atom is 0.338 e. The monoisotopic (exact) mass is 548 g/mol. The third-order valence-corrected chi connectivity index (χ3v) is 6.79. The summed E-state index contributed by atoms with van der Waals surface area (Å²) < 4.78 is 30.1. The minimum Gasteiger partial charge on any atom is -0.494 e. The molecule has 0 spiro atoms. The number of carbonyl (C=O) groups is 1. The smallest absolute Gasteiger partial charge is 0.338 e. The minimum absolute atomic E-state index is 0.0467. The van der Waals surface area contributed by atoms with Crippen molar-refractivity contribution in [3.05, 3.63) is 95.1 Å². The van der Waals surface area contributed by atoms with Crippen LogP contribution in [0.3, 0.4) is 0 Å². The Balaban J connectivity index is 1.64. The molecule has 0 atom stereocenters. The van der Waals surface area contributed by atoms with Crippen molar-refractivity contribution in [2.24, 2.45) is 4.99 Å². The number of likely N-dealkylation sites (N-methyl/N-ethyl adjacent to an activating group) is 1. The van der Waals surface area contributed by atoms with Crippen LogP contribution < -0.4 is 4.72 Å². The number of aliphatic imine (C=N–C) groups is 1. The molecule has 0 aliphatic rings. The predicted molar refractivity (Wildman–Crippen MR) is 153 cm³/mol. The molecule has 10 heteroatoms. The number of carbonyl (C=O) groups excluding carboxylic acids is 1. The summed E-state index contributed by atoms with van der Waals surface area (Å²) in [6.07, 6.45) is 1.15. The number of hydrogen-bond donors (Lipinski definition) is 3. The maximum atomic E-state index is 12.2. The molecule has 9 nitrogen and oxygen atoms in total. The van der Waals surface area contributed by atoms with Crippen LogP contribution in [0, 0.1) is 0 Å². The zero-order valence-electron chi connectivity index (χ0n) is 22.1. The summed E-state index contributed by atoms with van der Waals surface area (Å²) in [6.45, 7) is 3.59. The van der Waals surface area contributed by atoms with Gasteiger partial charge in [0.1, 0.15) is 0 Å². The van der Waals surface area contributed by atoms with E-state index in [2.05, 4.69) is 9.71 Å². The third-order valence-electron chi connectivity index (χ3n) is 6.06. The van der Waals surface area contributed by atoms with Crippen LogP contribution in [0.1, 0.15) is 34.0 Å². The van der Waals surface area contributed by atoms with Gasteiger partial charge in [0.05, 0.1) is 35.4 Å². The molecule has 0 saturated heterocycles. The Morgan fingerprint density at radius 2 is 1.77 bits per heavy atom. The molecule has 4 rings (SSSR count). The van der Waals surface area contributed by atoms with Crippen LogP contribution in [0.25, 0.3) is 10.9 Å². The summed E-state index contributed by atoms with van der Waals surface area (Å²) in [4.78, 5) is 22.1. The summed E-state index contributed by atoms with van der Waals surface area (Å²) in [5, 5.41) is 11.7. The average Bonchev–Trinajstić information content (AvgIpc) is 3.22. The number of nitrogens with zero attached hydrogens (tertiary/aromatic N) is 2. The number of benzene rings is 3. The predicted octanol–water partition coefficient (Wildman–Crippen LogP) is 4.20. The van der Waals surface area contributed by atoms with E-state index in [9.17, 15) is 18.3 Å². The number of ether oxygens (including phenoxy) is 1. The Morgan fingerprint density at radius 1 is 1.05 bits per heavy atom. The van der Waals surface area contributed by atoms with Crippen LogP contribution in [-0.2, 0) is 21.3 Å². The van der Waals surface area contributed by atoms with Gasteiger partial charge in [0.2, 0.25) is 10.0 Å². The SMILES string of the molecule is CCOC(=O)c1ccc2c(C(=Nc3ccc(CN(C)CCNS(C)(=O)=O)cc3)c3ccccc3)c(O)[nH]c2c1. The van der Waals surface area contributed by atoms with E-state index in [1.165, 1.54) is 0 Å². The summed E-state index contributed by atoms with van der Waals surface area (Å²) in [7, 11) is -1.28. The van der Waals surface area contributed by atoms with Gasteiger partial charge in [-0.05, 0) is 43.8 Å². The van der Waals surface area contributed by atoms with Gasteiger partial charge in [0.25, 0.3) is 0 Å². The molecule has 39 heavy (non-hydrogen) atoms. The zero-order valence-corrected chi connectivity index (χ0v) is 23.0. The number of aromatic amines is 1. The largest absolute Gasteiger partial charge is 0.494 e. The lowest BCUT2D eigenvalue weighted by Crippen LogP contribution is -2.32. The first kappa shape index (κ1) is 28.0. The first-order valence-electron chi connectivity index (χ1n) is 12.5. The van der Waals surface area contributed by atoms with Crippen molar-refractivity contribution >= 4 is 38.3 Å². The quantitative estimate of drug-likeness (QED) is 0.191. The van der Waals surface area contributed by atoms with Crippen molar-refractivity contribution in [3.8, 4) is 5.88 Å². The molecule has 0 radical (unpaired) electrons. The van der Waals surface area contributed by atoms with E-state index >= 15 is 0 Å². The van der Waals surface area contributed by atoms with Gasteiger partial charge in [0.15, 0.2) is 5.88 Å². The Hall–Kier alpha value is -3.99. The van der Waals surface area contributed by atoms with Gasteiger partial charge in [-0.25, -0.2) is 22.9 Å². The normalized spacial score (nSPS) is 12.3. The number of sulfonamides is 1. The van der Waals surface area contributed by atoms with Crippen molar-refractivity contribution in [1.29, 1.82) is 0 Å². The van der Waals surface area contributed by atoms with Gasteiger partial charge >= 0.3 is 5.97 Å². The molecule has 0 fully saturated rings. The molecule has 1 aromatic heterocycles. The fraction of sp³-hybridized carbons (Fsp3) is 0.241. The van der Waals surface area contributed by atoms with E-state index in [1.54, 1.807) is 25.1 Å². The van der Waals surface area contributed by atoms with E-state index in [0.717, 1.165) is 22.8 Å². The molecular formula is C29H32N4O5S. The van der Waals surface area contributed by atoms with Crippen molar-refractivity contribution < 1.29 is 23.1 Å². The molecule has 0 saturated carbocycles. The third kappa shape index (κ3) is 7.32. The zero-order chi connectivity index (χ0) is 28.0. The number of H-pyrrole nitrogens is 1. The maximum absolute atomic E-state index is 12.2. The molecule has 0 aliphatic heterocycles. The van der Waals surface area contributed by atoms with Gasteiger partial charge < -0.3 is 19.7 Å². The van der Waals surface area contributed by atoms with Crippen LogP contribution >= 0.6 is 0 Å². The molecule has 4 aromatic rings. The first-order chi connectivity index (χ1) is 18.6. The molecule has 0 aliphatic carbocycles. The van der Waals surface area contributed by atoms with Crippen LogP contribution in [0.4, 0.5) is 5.69 Å². The fourth-order valence-corrected chi connectivity index (χ4v) is 4.70. The molecule has 3 aromatic carbocycles. The van der Waals surface area contributed by atoms with Crippen LogP contribution in [0.15, 0.2) is 77.8 Å². The molecule has 0 amide bonds. The number of aromatic nitrogens is 1. The van der Waals surface area contributed by atoms with Gasteiger partial charge in [0, 0.05) is 36.1 Å². The van der Waals surface area contributed by atoms with Crippen LogP contribution in [-0.4, -0.2) is 68.1 Å². The second-order valence-corrected chi connectivity index (χ2v) is 11.1. The first-order valence-corrected chi connectivity index (χ1v) is 14.4. The van der Waals surface area contributed by atoms with E-state index in [4.69, 9.17) is 9.73 Å². The summed E-state index contributed by atoms with van der Waals surface area (Å²) in [5.41, 5.74) is 4.69. The van der Waals surface area contributed by atoms with Crippen molar-refractivity contribution in [1.82, 2.24) is 14.6 Å². The lowest BCUT2D eigenvalue weighted by Gasteiger charge is -2.16. The molecular weight excluding hydrogens is 516 g/mol. The Bertz CT molecular complexity index is 1580. The molecule has 3 N–H and O–H groups in total. The second kappa shape index (κ2) is 12.2. The van der Waals surface area contributed by atoms with E-state index in [1.807, 2.05) is 66.5 Å². The van der Waals surface area contributed by atoms with E-state index in [0.29, 0.717) is 47.7 Å². The van der Waals surface area contributed by atoms with Crippen molar-refractivity contribution in [3.63, 3.8) is 0 Å². The Labute approximate surface area is 228 Å². The summed E-state index contributed by atoms with van der Waals surface area (Å²) in [6, 6.07) is 22.5. The molecule has 204 valence electrons. The lowest BCUT2D eigenvalue weighted by atomic mass is 10.00. The number of hydrogen-bond acceptors (Lipinski definition) is 7. The van der Waals surface area contributed by atoms with Crippen LogP contribution in [0.2, 0.25) is 0 Å². The topological polar surface area (TPSA) is 124 Å². The highest BCUT2D eigenvalue weighted by molar-refractivity contribution is 7.88. The van der Waals surface area contributed by atoms with Crippen molar-refractivity contribution in [2.75, 3.05) is 33.0 Å². The Kier molecular flexibility index (Phi) is 8.80. The lowest BCUT2D eigenvalue weighted by molar-refractivity contribution is 0.0526. The average molecular weight is 549 g/mol. The fourth-order valence-electron chi connectivity index (χ4n) is 4.24. The second-order valence-electron chi connectivity index (χ2n) is 9.23. The highest BCUT2D eigenvalue weighted by atomic mass is 32.2. The standard InChI is InChI=1S/C29H32N4O5S/c1-4-38-29(35)22-12-15-24-25(18-22)32-28(34)26(24)27(21-8-6-5-7-9-21)31-23-13-10-20(11-14-23)19-33(2)17-16-30-39(3,36)37/h5-15,18,30,32,34H,4,16-17,19H2,1-3H3. The number of rotatable bonds is 11. The highest BCUT2D eigenvalue weighted by Crippen LogP contribution is 2.32. The van der Waals surface area contributed by atoms with Gasteiger partial charge in [-0.1, -0.05) is 48.5 Å². The minimum atomic E-state index is -3.21. The Morgan fingerprint density at radius 3 is 2.44 bits per heavy atom. The highest BCUT2D eigenvalue weighted by Gasteiger charge is 2.20. The van der Waals surface area contributed by atoms with Crippen LogP contribution in [0.5, 0.6) is 5.88 Å². The van der Waals surface area contributed by atoms with Gasteiger partial charge in [-0.15, -0.1) is 0 Å². The van der Waals surface area contributed by atoms with Crippen molar-refractivity contribution in [2.45, 2.75) is 13.5 Å². The summed E-state index contributed by atoms with van der Waals surface area (Å²) >= 11 is 0. The molecule has 0 bridgehead atoms. The number of fused-ring (bicyclic) bond motifs is 1. The van der Waals surface area contributed by atoms with Gasteiger partial charge in [-0.3, -0.25) is 0 Å². The van der Waals surface area contributed by atoms with E-state index < -0.39 is 16.0 Å². The van der Waals surface area contributed by atoms with E-state index in [-0.39, 0.29) is 12.5 Å².